The lowest BCUT2D eigenvalue weighted by molar-refractivity contribution is -0.119. The number of benzene rings is 2. The van der Waals surface area contributed by atoms with E-state index in [1.807, 2.05) is 30.3 Å². The average Bonchev–Trinajstić information content (AvgIpc) is 3.61. The zero-order valence-corrected chi connectivity index (χ0v) is 19.9. The van der Waals surface area contributed by atoms with Gasteiger partial charge in [0.05, 0.1) is 9.92 Å². The van der Waals surface area contributed by atoms with Crippen molar-refractivity contribution < 1.29 is 13.2 Å². The smallest absolute Gasteiger partial charge is 0.240 e. The SMILES string of the molecule is O=C(Cc1ccc2cncc(Cl)c2c1)C1CC1c1ccc(S(=O)(=O)NC2CCCCC2)cc1. The second-order valence-corrected chi connectivity index (χ2v) is 11.4. The number of fused-ring (bicyclic) bond motifs is 1. The molecule has 1 N–H and O–H groups in total. The molecule has 2 aliphatic rings. The Kier molecular flexibility index (Phi) is 6.25. The van der Waals surface area contributed by atoms with E-state index < -0.39 is 10.0 Å². The Morgan fingerprint density at radius 1 is 1.03 bits per heavy atom. The van der Waals surface area contributed by atoms with Crippen molar-refractivity contribution in [2.75, 3.05) is 0 Å². The van der Waals surface area contributed by atoms with Gasteiger partial charge in [-0.05, 0) is 54.5 Å². The van der Waals surface area contributed by atoms with Crippen LogP contribution in [0, 0.1) is 5.92 Å². The summed E-state index contributed by atoms with van der Waals surface area (Å²) in [4.78, 5) is 17.3. The van der Waals surface area contributed by atoms with Crippen LogP contribution in [0.2, 0.25) is 5.02 Å². The molecule has 7 heteroatoms. The summed E-state index contributed by atoms with van der Waals surface area (Å²) in [5.74, 6) is 0.352. The molecule has 2 saturated carbocycles. The highest BCUT2D eigenvalue weighted by atomic mass is 35.5. The molecule has 0 spiro atoms. The normalized spacial score (nSPS) is 21.2. The number of ketones is 1. The molecular weight excluding hydrogens is 456 g/mol. The number of hydrogen-bond acceptors (Lipinski definition) is 4. The molecule has 5 rings (SSSR count). The highest BCUT2D eigenvalue weighted by molar-refractivity contribution is 7.89. The molecular formula is C26H27ClN2O3S. The van der Waals surface area contributed by atoms with Crippen molar-refractivity contribution in [1.82, 2.24) is 9.71 Å². The van der Waals surface area contributed by atoms with E-state index in [1.54, 1.807) is 24.5 Å². The van der Waals surface area contributed by atoms with Gasteiger partial charge >= 0.3 is 0 Å². The summed E-state index contributed by atoms with van der Waals surface area (Å²) in [6.45, 7) is 0. The minimum Gasteiger partial charge on any atom is -0.299 e. The maximum Gasteiger partial charge on any atom is 0.240 e. The lowest BCUT2D eigenvalue weighted by atomic mass is 9.96. The van der Waals surface area contributed by atoms with Gasteiger partial charge in [-0.15, -0.1) is 0 Å². The highest BCUT2D eigenvalue weighted by Gasteiger charge is 2.43. The van der Waals surface area contributed by atoms with Crippen molar-refractivity contribution in [3.05, 3.63) is 71.0 Å². The Labute approximate surface area is 199 Å². The van der Waals surface area contributed by atoms with Crippen LogP contribution in [-0.2, 0) is 21.2 Å². The average molecular weight is 483 g/mol. The molecule has 2 atom stereocenters. The zero-order valence-electron chi connectivity index (χ0n) is 18.3. The number of carbonyl (C=O) groups excluding carboxylic acids is 1. The van der Waals surface area contributed by atoms with Gasteiger partial charge in [0.15, 0.2) is 0 Å². The summed E-state index contributed by atoms with van der Waals surface area (Å²) in [6, 6.07) is 12.9. The molecule has 1 heterocycles. The molecule has 0 radical (unpaired) electrons. The van der Waals surface area contributed by atoms with E-state index in [2.05, 4.69) is 9.71 Å². The highest BCUT2D eigenvalue weighted by Crippen LogP contribution is 2.48. The molecule has 0 aliphatic heterocycles. The van der Waals surface area contributed by atoms with E-state index in [4.69, 9.17) is 11.6 Å². The molecule has 2 fully saturated rings. The van der Waals surface area contributed by atoms with Crippen molar-refractivity contribution in [1.29, 1.82) is 0 Å². The number of aromatic nitrogens is 1. The van der Waals surface area contributed by atoms with Crippen LogP contribution in [0.25, 0.3) is 10.8 Å². The Balaban J connectivity index is 1.22. The molecule has 2 aliphatic carbocycles. The molecule has 2 aromatic carbocycles. The molecule has 0 saturated heterocycles. The Hall–Kier alpha value is -2.28. The molecule has 3 aromatic rings. The Morgan fingerprint density at radius 3 is 2.55 bits per heavy atom. The third-order valence-corrected chi connectivity index (χ3v) is 8.74. The molecule has 172 valence electrons. The topological polar surface area (TPSA) is 76.1 Å². The molecule has 0 bridgehead atoms. The second-order valence-electron chi connectivity index (χ2n) is 9.29. The van der Waals surface area contributed by atoms with Gasteiger partial charge < -0.3 is 0 Å². The monoisotopic (exact) mass is 482 g/mol. The van der Waals surface area contributed by atoms with Gasteiger partial charge in [-0.1, -0.05) is 55.1 Å². The fraction of sp³-hybridized carbons (Fsp3) is 0.385. The van der Waals surface area contributed by atoms with Crippen LogP contribution in [0.5, 0.6) is 0 Å². The van der Waals surface area contributed by atoms with Crippen LogP contribution in [-0.4, -0.2) is 25.2 Å². The number of halogens is 1. The van der Waals surface area contributed by atoms with Crippen LogP contribution >= 0.6 is 11.6 Å². The van der Waals surface area contributed by atoms with Crippen LogP contribution < -0.4 is 4.72 Å². The van der Waals surface area contributed by atoms with Gasteiger partial charge in [-0.2, -0.15) is 0 Å². The fourth-order valence-corrected chi connectivity index (χ4v) is 6.46. The van der Waals surface area contributed by atoms with Crippen molar-refractivity contribution in [3.8, 4) is 0 Å². The summed E-state index contributed by atoms with van der Waals surface area (Å²) < 4.78 is 28.3. The minimum atomic E-state index is -3.51. The molecule has 2 unspecified atom stereocenters. The number of nitrogens with zero attached hydrogens (tertiary/aromatic N) is 1. The largest absolute Gasteiger partial charge is 0.299 e. The van der Waals surface area contributed by atoms with Crippen LogP contribution in [0.3, 0.4) is 0 Å². The summed E-state index contributed by atoms with van der Waals surface area (Å²) in [5.41, 5.74) is 1.97. The van der Waals surface area contributed by atoms with Crippen molar-refractivity contribution in [3.63, 3.8) is 0 Å². The number of sulfonamides is 1. The Bertz CT molecular complexity index is 1280. The first-order valence-corrected chi connectivity index (χ1v) is 13.4. The second kappa shape index (κ2) is 9.16. The number of Topliss-reactive ketones (excluding diaryl/α,β-unsaturated/α-hetero) is 1. The lowest BCUT2D eigenvalue weighted by Gasteiger charge is -2.22. The molecule has 0 amide bonds. The maximum atomic E-state index is 12.9. The van der Waals surface area contributed by atoms with Gasteiger partial charge in [0, 0.05) is 41.5 Å². The first-order chi connectivity index (χ1) is 15.9. The zero-order chi connectivity index (χ0) is 23.0. The maximum absolute atomic E-state index is 12.9. The predicted octanol–water partition coefficient (Wildman–Crippen LogP) is 5.41. The van der Waals surface area contributed by atoms with Gasteiger partial charge in [0.2, 0.25) is 10.0 Å². The summed E-state index contributed by atoms with van der Waals surface area (Å²) in [7, 11) is -3.51. The van der Waals surface area contributed by atoms with E-state index in [0.29, 0.717) is 16.3 Å². The van der Waals surface area contributed by atoms with E-state index in [1.165, 1.54) is 6.42 Å². The number of rotatable bonds is 7. The van der Waals surface area contributed by atoms with Gasteiger partial charge in [0.1, 0.15) is 5.78 Å². The number of pyridine rings is 1. The molecule has 33 heavy (non-hydrogen) atoms. The minimum absolute atomic E-state index is 0.0172. The van der Waals surface area contributed by atoms with E-state index in [9.17, 15) is 13.2 Å². The fourth-order valence-electron chi connectivity index (χ4n) is 4.94. The standard InChI is InChI=1S/C26H27ClN2O3S/c27-25-16-28-15-19-7-6-17(12-23(19)25)13-26(30)24-14-22(24)18-8-10-21(11-9-18)33(31,32)29-20-4-2-1-3-5-20/h6-12,15-16,20,22,24,29H,1-5,13-14H2. The Morgan fingerprint density at radius 2 is 1.79 bits per heavy atom. The third-order valence-electron chi connectivity index (χ3n) is 6.90. The van der Waals surface area contributed by atoms with Crippen molar-refractivity contribution >= 4 is 38.2 Å². The quantitative estimate of drug-likeness (QED) is 0.488. The third kappa shape index (κ3) is 4.98. The van der Waals surface area contributed by atoms with Crippen LogP contribution in [0.4, 0.5) is 0 Å². The van der Waals surface area contributed by atoms with E-state index in [0.717, 1.165) is 54.0 Å². The van der Waals surface area contributed by atoms with Crippen LogP contribution in [0.1, 0.15) is 55.6 Å². The lowest BCUT2D eigenvalue weighted by Crippen LogP contribution is -2.36. The van der Waals surface area contributed by atoms with Gasteiger partial charge in [-0.25, -0.2) is 13.1 Å². The molecule has 5 nitrogen and oxygen atoms in total. The van der Waals surface area contributed by atoms with E-state index in [-0.39, 0.29) is 23.7 Å². The summed E-state index contributed by atoms with van der Waals surface area (Å²) in [6.07, 6.45) is 9.70. The predicted molar refractivity (Wildman–Crippen MR) is 130 cm³/mol. The van der Waals surface area contributed by atoms with Crippen molar-refractivity contribution in [2.45, 2.75) is 61.8 Å². The number of hydrogen-bond donors (Lipinski definition) is 1. The van der Waals surface area contributed by atoms with Crippen molar-refractivity contribution in [2.24, 2.45) is 5.92 Å². The van der Waals surface area contributed by atoms with E-state index >= 15 is 0 Å². The van der Waals surface area contributed by atoms with Crippen LogP contribution in [0.15, 0.2) is 59.8 Å². The van der Waals surface area contributed by atoms with Gasteiger partial charge in [-0.3, -0.25) is 9.78 Å². The number of carbonyl (C=O) groups is 1. The first-order valence-electron chi connectivity index (χ1n) is 11.6. The first kappa shape index (κ1) is 22.5. The summed E-state index contributed by atoms with van der Waals surface area (Å²) in [5, 5.41) is 2.44. The number of nitrogens with one attached hydrogen (secondary N) is 1. The molecule has 1 aromatic heterocycles. The van der Waals surface area contributed by atoms with Gasteiger partial charge in [0.25, 0.3) is 0 Å². The summed E-state index contributed by atoms with van der Waals surface area (Å²) >= 11 is 6.25.